The minimum atomic E-state index is -0.240. The van der Waals surface area contributed by atoms with Crippen LogP contribution in [0.15, 0.2) is 48.5 Å². The Balaban J connectivity index is 1.67. The Morgan fingerprint density at radius 2 is 1.91 bits per heavy atom. The van der Waals surface area contributed by atoms with Crippen LogP contribution in [0, 0.1) is 12.7 Å². The molecule has 1 N–H and O–H groups in total. The maximum Gasteiger partial charge on any atom is 0.254 e. The van der Waals surface area contributed by atoms with E-state index >= 15 is 0 Å². The Bertz CT molecular complexity index is 684. The van der Waals surface area contributed by atoms with Crippen LogP contribution in [-0.4, -0.2) is 29.9 Å². The molecular weight excluding hydrogens is 291 g/mol. The number of rotatable bonds is 3. The number of hydrogen-bond donors (Lipinski definition) is 1. The first-order chi connectivity index (χ1) is 11.1. The van der Waals surface area contributed by atoms with Crippen molar-refractivity contribution >= 4 is 11.6 Å². The highest BCUT2D eigenvalue weighted by molar-refractivity contribution is 5.95. The van der Waals surface area contributed by atoms with Gasteiger partial charge >= 0.3 is 0 Å². The second kappa shape index (κ2) is 6.82. The molecule has 2 aromatic rings. The summed E-state index contributed by atoms with van der Waals surface area (Å²) < 4.78 is 13.0. The van der Waals surface area contributed by atoms with Crippen molar-refractivity contribution in [3.8, 4) is 0 Å². The molecule has 3 rings (SSSR count). The first-order valence-electron chi connectivity index (χ1n) is 8.00. The van der Waals surface area contributed by atoms with Crippen LogP contribution in [0.4, 0.5) is 10.1 Å². The van der Waals surface area contributed by atoms with Crippen LogP contribution in [0.25, 0.3) is 0 Å². The van der Waals surface area contributed by atoms with Gasteiger partial charge in [0.05, 0.1) is 0 Å². The second-order valence-electron chi connectivity index (χ2n) is 6.06. The summed E-state index contributed by atoms with van der Waals surface area (Å²) in [7, 11) is 0. The van der Waals surface area contributed by atoms with E-state index in [0.717, 1.165) is 36.2 Å². The van der Waals surface area contributed by atoms with Crippen LogP contribution < -0.4 is 5.32 Å². The largest absolute Gasteiger partial charge is 0.381 e. The van der Waals surface area contributed by atoms with Gasteiger partial charge in [0.2, 0.25) is 0 Å². The van der Waals surface area contributed by atoms with Crippen LogP contribution in [0.3, 0.4) is 0 Å². The van der Waals surface area contributed by atoms with E-state index in [1.165, 1.54) is 12.1 Å². The number of amides is 1. The highest BCUT2D eigenvalue weighted by Gasteiger charge is 2.25. The van der Waals surface area contributed by atoms with Crippen LogP contribution in [0.1, 0.15) is 28.8 Å². The highest BCUT2D eigenvalue weighted by atomic mass is 19.1. The Labute approximate surface area is 136 Å². The zero-order valence-corrected chi connectivity index (χ0v) is 13.3. The lowest BCUT2D eigenvalue weighted by atomic mass is 10.0. The number of nitrogens with zero attached hydrogens (tertiary/aromatic N) is 1. The molecule has 1 aliphatic heterocycles. The lowest BCUT2D eigenvalue weighted by molar-refractivity contribution is 0.0714. The lowest BCUT2D eigenvalue weighted by Crippen LogP contribution is -2.45. The summed E-state index contributed by atoms with van der Waals surface area (Å²) in [6, 6.07) is 14.2. The van der Waals surface area contributed by atoms with Gasteiger partial charge in [0.25, 0.3) is 5.91 Å². The van der Waals surface area contributed by atoms with E-state index in [-0.39, 0.29) is 17.8 Å². The molecule has 1 amide bonds. The summed E-state index contributed by atoms with van der Waals surface area (Å²) in [5, 5.41) is 3.40. The average molecular weight is 312 g/mol. The molecule has 23 heavy (non-hydrogen) atoms. The molecule has 1 aliphatic rings. The molecule has 0 spiro atoms. The fraction of sp³-hybridized carbons (Fsp3) is 0.316. The van der Waals surface area contributed by atoms with Crippen LogP contribution in [0.5, 0.6) is 0 Å². The zero-order chi connectivity index (χ0) is 16.2. The maximum atomic E-state index is 13.0. The van der Waals surface area contributed by atoms with Gasteiger partial charge in [0.1, 0.15) is 5.82 Å². The molecule has 0 saturated carbocycles. The van der Waals surface area contributed by atoms with Crippen molar-refractivity contribution in [2.24, 2.45) is 0 Å². The predicted molar refractivity (Wildman–Crippen MR) is 90.1 cm³/mol. The number of anilines is 1. The molecule has 120 valence electrons. The van der Waals surface area contributed by atoms with Gasteiger partial charge in [0, 0.05) is 30.4 Å². The van der Waals surface area contributed by atoms with E-state index in [1.807, 2.05) is 36.1 Å². The number of likely N-dealkylation sites (tertiary alicyclic amines) is 1. The Kier molecular flexibility index (Phi) is 4.60. The molecule has 1 saturated heterocycles. The summed E-state index contributed by atoms with van der Waals surface area (Å²) in [4.78, 5) is 14.6. The van der Waals surface area contributed by atoms with E-state index in [1.54, 1.807) is 12.1 Å². The Morgan fingerprint density at radius 3 is 2.65 bits per heavy atom. The Hall–Kier alpha value is -2.36. The quantitative estimate of drug-likeness (QED) is 0.933. The fourth-order valence-electron chi connectivity index (χ4n) is 3.04. The third kappa shape index (κ3) is 3.70. The van der Waals surface area contributed by atoms with E-state index in [9.17, 15) is 9.18 Å². The maximum absolute atomic E-state index is 13.0. The summed E-state index contributed by atoms with van der Waals surface area (Å²) in [5.41, 5.74) is 2.67. The third-order valence-electron chi connectivity index (χ3n) is 4.30. The van der Waals surface area contributed by atoms with Crippen molar-refractivity contribution in [2.75, 3.05) is 18.4 Å². The van der Waals surface area contributed by atoms with Crippen LogP contribution >= 0.6 is 0 Å². The first kappa shape index (κ1) is 15.5. The number of carbonyl (C=O) groups is 1. The smallest absolute Gasteiger partial charge is 0.254 e. The lowest BCUT2D eigenvalue weighted by Gasteiger charge is -2.34. The average Bonchev–Trinajstić information content (AvgIpc) is 2.57. The molecule has 0 radical (unpaired) electrons. The molecule has 0 aliphatic carbocycles. The fourth-order valence-corrected chi connectivity index (χ4v) is 3.04. The number of carbonyl (C=O) groups excluding carboxylic acids is 1. The van der Waals surface area contributed by atoms with Gasteiger partial charge in [-0.15, -0.1) is 0 Å². The summed E-state index contributed by atoms with van der Waals surface area (Å²) in [6.45, 7) is 3.42. The van der Waals surface area contributed by atoms with Gasteiger partial charge in [0.15, 0.2) is 0 Å². The molecule has 0 unspecified atom stereocenters. The first-order valence-corrected chi connectivity index (χ1v) is 8.00. The Morgan fingerprint density at radius 1 is 1.17 bits per heavy atom. The minimum absolute atomic E-state index is 0.0914. The normalized spacial score (nSPS) is 17.8. The molecule has 1 fully saturated rings. The predicted octanol–water partition coefficient (Wildman–Crippen LogP) is 3.85. The van der Waals surface area contributed by atoms with E-state index in [0.29, 0.717) is 6.54 Å². The summed E-state index contributed by atoms with van der Waals surface area (Å²) in [5.74, 6) is -0.149. The molecule has 0 bridgehead atoms. The molecule has 4 heteroatoms. The molecule has 0 aromatic heterocycles. The summed E-state index contributed by atoms with van der Waals surface area (Å²) >= 11 is 0. The van der Waals surface area contributed by atoms with Crippen molar-refractivity contribution in [2.45, 2.75) is 25.8 Å². The number of nitrogens with one attached hydrogen (secondary N) is 1. The van der Waals surface area contributed by atoms with Crippen LogP contribution in [0.2, 0.25) is 0 Å². The van der Waals surface area contributed by atoms with E-state index in [4.69, 9.17) is 0 Å². The standard InChI is InChI=1S/C19H21FN2O/c1-14-5-2-3-7-18(14)19(23)22-12-4-6-17(13-22)21-16-10-8-15(20)9-11-16/h2-3,5,7-11,17,21H,4,6,12-13H2,1H3/t17-/m0/s1. The number of piperidine rings is 1. The van der Waals surface area contributed by atoms with Crippen molar-refractivity contribution in [1.29, 1.82) is 0 Å². The van der Waals surface area contributed by atoms with Gasteiger partial charge in [-0.1, -0.05) is 18.2 Å². The zero-order valence-electron chi connectivity index (χ0n) is 13.3. The molecule has 2 aromatic carbocycles. The number of aryl methyl sites for hydroxylation is 1. The monoisotopic (exact) mass is 312 g/mol. The van der Waals surface area contributed by atoms with Crippen molar-refractivity contribution in [3.05, 3.63) is 65.5 Å². The van der Waals surface area contributed by atoms with E-state index in [2.05, 4.69) is 5.32 Å². The topological polar surface area (TPSA) is 32.3 Å². The second-order valence-corrected chi connectivity index (χ2v) is 6.06. The summed E-state index contributed by atoms with van der Waals surface area (Å²) in [6.07, 6.45) is 1.98. The van der Waals surface area contributed by atoms with Crippen LogP contribution in [-0.2, 0) is 0 Å². The van der Waals surface area contributed by atoms with Crippen molar-refractivity contribution in [1.82, 2.24) is 4.90 Å². The molecular formula is C19H21FN2O. The number of hydrogen-bond acceptors (Lipinski definition) is 2. The third-order valence-corrected chi connectivity index (χ3v) is 4.30. The van der Waals surface area contributed by atoms with Gasteiger partial charge in [-0.2, -0.15) is 0 Å². The minimum Gasteiger partial charge on any atom is -0.381 e. The van der Waals surface area contributed by atoms with Gasteiger partial charge < -0.3 is 10.2 Å². The van der Waals surface area contributed by atoms with Gasteiger partial charge in [-0.25, -0.2) is 4.39 Å². The van der Waals surface area contributed by atoms with Gasteiger partial charge in [-0.05, 0) is 55.7 Å². The van der Waals surface area contributed by atoms with Crippen molar-refractivity contribution < 1.29 is 9.18 Å². The molecule has 3 nitrogen and oxygen atoms in total. The highest BCUT2D eigenvalue weighted by Crippen LogP contribution is 2.19. The molecule has 1 atom stereocenters. The van der Waals surface area contributed by atoms with Crippen molar-refractivity contribution in [3.63, 3.8) is 0 Å². The van der Waals surface area contributed by atoms with E-state index < -0.39 is 0 Å². The number of halogens is 1. The number of benzene rings is 2. The molecule has 1 heterocycles. The van der Waals surface area contributed by atoms with Gasteiger partial charge in [-0.3, -0.25) is 4.79 Å². The SMILES string of the molecule is Cc1ccccc1C(=O)N1CCC[C@H](Nc2ccc(F)cc2)C1.